The summed E-state index contributed by atoms with van der Waals surface area (Å²) < 4.78 is 11.1. The van der Waals surface area contributed by atoms with Crippen molar-refractivity contribution in [3.8, 4) is 5.75 Å². The molecule has 2 aromatic carbocycles. The number of thioether (sulfide) groups is 1. The van der Waals surface area contributed by atoms with E-state index in [4.69, 9.17) is 9.47 Å². The number of nitrogens with one attached hydrogen (secondary N) is 1. The molecule has 8 heteroatoms. The van der Waals surface area contributed by atoms with E-state index in [0.717, 1.165) is 27.7 Å². The summed E-state index contributed by atoms with van der Waals surface area (Å²) in [5, 5.41) is 5.61. The largest absolute Gasteiger partial charge is 0.492 e. The topological polar surface area (TPSA) is 80.2 Å². The van der Waals surface area contributed by atoms with Gasteiger partial charge in [0.05, 0.1) is 36.9 Å². The summed E-state index contributed by atoms with van der Waals surface area (Å²) in [4.78, 5) is 32.5. The second kappa shape index (κ2) is 11.3. The van der Waals surface area contributed by atoms with Gasteiger partial charge in [0.2, 0.25) is 5.91 Å². The van der Waals surface area contributed by atoms with Crippen LogP contribution >= 0.6 is 11.8 Å². The van der Waals surface area contributed by atoms with Gasteiger partial charge in [0, 0.05) is 5.70 Å². The van der Waals surface area contributed by atoms with Crippen LogP contribution in [0.25, 0.3) is 0 Å². The quantitative estimate of drug-likeness (QED) is 0.404. The summed E-state index contributed by atoms with van der Waals surface area (Å²) in [6.07, 6.45) is 0.162. The molecule has 0 fully saturated rings. The van der Waals surface area contributed by atoms with Crippen molar-refractivity contribution in [2.24, 2.45) is 4.99 Å². The van der Waals surface area contributed by atoms with E-state index in [1.165, 1.54) is 11.8 Å². The Kier molecular flexibility index (Phi) is 7.92. The average molecular weight is 492 g/mol. The Morgan fingerprint density at radius 3 is 2.57 bits per heavy atom. The van der Waals surface area contributed by atoms with Crippen LogP contribution in [0.5, 0.6) is 5.75 Å². The number of carbonyl (C=O) groups is 2. The van der Waals surface area contributed by atoms with Gasteiger partial charge in [-0.1, -0.05) is 54.2 Å². The molecule has 2 aliphatic rings. The van der Waals surface area contributed by atoms with Gasteiger partial charge in [-0.2, -0.15) is 0 Å². The molecule has 2 heterocycles. The number of amides is 1. The van der Waals surface area contributed by atoms with Crippen LogP contribution in [0, 0.1) is 6.92 Å². The Balaban J connectivity index is 1.50. The van der Waals surface area contributed by atoms with Crippen LogP contribution in [0.4, 0.5) is 0 Å². The zero-order valence-electron chi connectivity index (χ0n) is 20.1. The first kappa shape index (κ1) is 24.6. The predicted octanol–water partition coefficient (Wildman–Crippen LogP) is 4.72. The minimum atomic E-state index is -0.418. The van der Waals surface area contributed by atoms with E-state index in [2.05, 4.69) is 10.3 Å². The summed E-state index contributed by atoms with van der Waals surface area (Å²) in [6.45, 7) is 6.68. The van der Waals surface area contributed by atoms with Gasteiger partial charge in [0.1, 0.15) is 12.4 Å². The number of hydrogen-bond acceptors (Lipinski definition) is 7. The van der Waals surface area contributed by atoms with Gasteiger partial charge in [-0.3, -0.25) is 4.79 Å². The molecule has 0 saturated carbocycles. The van der Waals surface area contributed by atoms with Crippen molar-refractivity contribution < 1.29 is 19.1 Å². The zero-order valence-corrected chi connectivity index (χ0v) is 20.9. The summed E-state index contributed by atoms with van der Waals surface area (Å²) in [7, 11) is 0. The highest BCUT2D eigenvalue weighted by Crippen LogP contribution is 2.45. The van der Waals surface area contributed by atoms with E-state index in [9.17, 15) is 9.59 Å². The van der Waals surface area contributed by atoms with Crippen molar-refractivity contribution in [1.82, 2.24) is 10.2 Å². The van der Waals surface area contributed by atoms with Crippen LogP contribution in [0.2, 0.25) is 0 Å². The first-order valence-electron chi connectivity index (χ1n) is 11.6. The summed E-state index contributed by atoms with van der Waals surface area (Å²) in [5.41, 5.74) is 3.94. The maximum atomic E-state index is 13.0. The van der Waals surface area contributed by atoms with Crippen molar-refractivity contribution in [3.63, 3.8) is 0 Å². The standard InChI is InChI=1S/C27H29N3O4S/c1-4-33-26(32)24-19(3)29-27-30(25(24)22-13-9-8-10-18(22)2)20(17-35-27)16-23(31)28-14-15-34-21-11-6-5-7-12-21/h5-13,17,25H,4,14-16H2,1-3H3,(H,28,31). The van der Waals surface area contributed by atoms with Crippen LogP contribution in [0.15, 0.2) is 82.0 Å². The maximum Gasteiger partial charge on any atom is 0.338 e. The van der Waals surface area contributed by atoms with Gasteiger partial charge >= 0.3 is 5.97 Å². The molecule has 1 N–H and O–H groups in total. The van der Waals surface area contributed by atoms with Crippen molar-refractivity contribution >= 4 is 28.8 Å². The molecule has 2 aliphatic heterocycles. The number of allylic oxidation sites excluding steroid dienone is 1. The second-order valence-corrected chi connectivity index (χ2v) is 8.99. The molecule has 0 aromatic heterocycles. The van der Waals surface area contributed by atoms with E-state index in [1.54, 1.807) is 6.92 Å². The smallest absolute Gasteiger partial charge is 0.338 e. The lowest BCUT2D eigenvalue weighted by molar-refractivity contribution is -0.139. The van der Waals surface area contributed by atoms with Gasteiger partial charge in [0.25, 0.3) is 0 Å². The van der Waals surface area contributed by atoms with Crippen molar-refractivity contribution in [2.45, 2.75) is 33.2 Å². The zero-order chi connectivity index (χ0) is 24.8. The molecule has 1 unspecified atom stereocenters. The molecular formula is C27H29N3O4S. The monoisotopic (exact) mass is 491 g/mol. The third kappa shape index (κ3) is 5.59. The third-order valence-corrected chi connectivity index (χ3v) is 6.65. The molecule has 35 heavy (non-hydrogen) atoms. The fourth-order valence-corrected chi connectivity index (χ4v) is 5.09. The summed E-state index contributed by atoms with van der Waals surface area (Å²) >= 11 is 1.46. The Morgan fingerprint density at radius 1 is 1.09 bits per heavy atom. The fourth-order valence-electron chi connectivity index (χ4n) is 4.13. The number of rotatable bonds is 9. The second-order valence-electron chi connectivity index (χ2n) is 8.16. The number of nitrogens with zero attached hydrogens (tertiary/aromatic N) is 2. The van der Waals surface area contributed by atoms with E-state index in [-0.39, 0.29) is 24.9 Å². The minimum Gasteiger partial charge on any atom is -0.492 e. The molecule has 0 bridgehead atoms. The molecule has 7 nitrogen and oxygen atoms in total. The van der Waals surface area contributed by atoms with E-state index >= 15 is 0 Å². The number of hydrogen-bond donors (Lipinski definition) is 1. The third-order valence-electron chi connectivity index (χ3n) is 5.76. The summed E-state index contributed by atoms with van der Waals surface area (Å²) in [6, 6.07) is 17.0. The van der Waals surface area contributed by atoms with Crippen LogP contribution < -0.4 is 10.1 Å². The van der Waals surface area contributed by atoms with Crippen LogP contribution in [-0.4, -0.2) is 41.7 Å². The molecule has 4 rings (SSSR count). The Hall–Kier alpha value is -3.52. The van der Waals surface area contributed by atoms with Crippen LogP contribution in [0.1, 0.15) is 37.4 Å². The average Bonchev–Trinajstić information content (AvgIpc) is 3.24. The van der Waals surface area contributed by atoms with Crippen molar-refractivity contribution in [1.29, 1.82) is 0 Å². The lowest BCUT2D eigenvalue weighted by Gasteiger charge is -2.37. The molecule has 1 atom stereocenters. The first-order valence-corrected chi connectivity index (χ1v) is 12.5. The van der Waals surface area contributed by atoms with Crippen LogP contribution in [0.3, 0.4) is 0 Å². The molecule has 0 radical (unpaired) electrons. The maximum absolute atomic E-state index is 13.0. The lowest BCUT2D eigenvalue weighted by Crippen LogP contribution is -2.38. The molecule has 1 amide bonds. The fraction of sp³-hybridized carbons (Fsp3) is 0.296. The van der Waals surface area contributed by atoms with Crippen molar-refractivity contribution in [3.05, 3.63) is 88.1 Å². The Morgan fingerprint density at radius 2 is 1.83 bits per heavy atom. The van der Waals surface area contributed by atoms with E-state index in [1.807, 2.05) is 78.8 Å². The number of ether oxygens (including phenoxy) is 2. The number of aryl methyl sites for hydroxylation is 1. The summed E-state index contributed by atoms with van der Waals surface area (Å²) in [5.74, 6) is 0.252. The molecule has 0 aliphatic carbocycles. The number of para-hydroxylation sites is 1. The predicted molar refractivity (Wildman–Crippen MR) is 138 cm³/mol. The number of fused-ring (bicyclic) bond motifs is 1. The van der Waals surface area contributed by atoms with Crippen LogP contribution in [-0.2, 0) is 14.3 Å². The SMILES string of the molecule is CCOC(=O)C1=C(C)N=C2SC=C(CC(=O)NCCOc3ccccc3)N2C1c1ccccc1C. The van der Waals surface area contributed by atoms with Crippen molar-refractivity contribution in [2.75, 3.05) is 19.8 Å². The number of amidine groups is 1. The minimum absolute atomic E-state index is 0.123. The number of benzene rings is 2. The lowest BCUT2D eigenvalue weighted by atomic mass is 9.91. The van der Waals surface area contributed by atoms with E-state index < -0.39 is 6.04 Å². The number of carbonyl (C=O) groups excluding carboxylic acids is 2. The Labute approximate surface area is 209 Å². The highest BCUT2D eigenvalue weighted by Gasteiger charge is 2.41. The van der Waals surface area contributed by atoms with Gasteiger partial charge in [0.15, 0.2) is 5.17 Å². The molecule has 182 valence electrons. The normalized spacial score (nSPS) is 16.9. The highest BCUT2D eigenvalue weighted by atomic mass is 32.2. The molecular weight excluding hydrogens is 462 g/mol. The van der Waals surface area contributed by atoms with E-state index in [0.29, 0.717) is 24.4 Å². The first-order chi connectivity index (χ1) is 17.0. The number of aliphatic imine (C=N–C) groups is 1. The molecule has 0 spiro atoms. The van der Waals surface area contributed by atoms with Gasteiger partial charge < -0.3 is 19.7 Å². The van der Waals surface area contributed by atoms with Gasteiger partial charge in [-0.25, -0.2) is 9.79 Å². The Bertz CT molecular complexity index is 1190. The number of esters is 1. The molecule has 0 saturated heterocycles. The molecule has 2 aromatic rings. The van der Waals surface area contributed by atoms with Gasteiger partial charge in [-0.05, 0) is 49.4 Å². The van der Waals surface area contributed by atoms with Gasteiger partial charge in [-0.15, -0.1) is 0 Å². The highest BCUT2D eigenvalue weighted by molar-refractivity contribution is 8.16.